The molecule has 0 bridgehead atoms. The van der Waals surface area contributed by atoms with E-state index in [1.807, 2.05) is 121 Å². The number of rotatable bonds is 37. The normalized spacial score (nSPS) is 18.8. The van der Waals surface area contributed by atoms with Gasteiger partial charge in [0.2, 0.25) is 0 Å². The molecule has 1 aliphatic rings. The highest BCUT2D eigenvalue weighted by atomic mass is 31.2. The summed E-state index contributed by atoms with van der Waals surface area (Å²) in [4.78, 5) is 0. The van der Waals surface area contributed by atoms with E-state index >= 15 is 4.57 Å². The Morgan fingerprint density at radius 2 is 0.864 bits per heavy atom. The average Bonchev–Trinajstić information content (AvgIpc) is 3.36. The van der Waals surface area contributed by atoms with Crippen LogP contribution < -0.4 is 0 Å². The fraction of sp³-hybridized carbons (Fsp3) is 0.571. The molecule has 0 spiro atoms. The van der Waals surface area contributed by atoms with Crippen LogP contribution in [0.25, 0.3) is 0 Å². The van der Waals surface area contributed by atoms with Crippen LogP contribution in [-0.2, 0) is 68.2 Å². The van der Waals surface area contributed by atoms with Gasteiger partial charge in [-0.15, -0.1) is 0 Å². The summed E-state index contributed by atoms with van der Waals surface area (Å²) < 4.78 is 66.2. The largest absolute Gasteiger partial charge is 0.475 e. The van der Waals surface area contributed by atoms with Crippen LogP contribution >= 0.6 is 7.82 Å². The highest BCUT2D eigenvalue weighted by Gasteiger charge is 2.47. The van der Waals surface area contributed by atoms with Crippen LogP contribution in [0, 0.1) is 0 Å². The molecule has 1 aliphatic carbocycles. The second-order valence-corrected chi connectivity index (χ2v) is 19.4. The molecule has 1 unspecified atom stereocenters. The lowest BCUT2D eigenvalue weighted by atomic mass is 9.89. The maximum Gasteiger partial charge on any atom is 0.475 e. The Kier molecular flexibility index (Phi) is 27.1. The standard InChI is InChI=1S/C56H81O9P/c1-3-4-5-6-7-8-9-10-11-12-13-14-15-16-17-30-41-59-46-52(58-2)47-64-66(57,63-45-51-37-28-21-29-38-51)65-56-54(61-43-49-33-24-19-25-34-49)40-39-53(60-42-48-31-22-18-23-32-48)55(56)62-44-50-35-26-20-27-36-50/h18-29,31-38,52-56H,3-17,30,39-47H2,1-2H3/t52-,53+,54-,55-,56-,66?/m1/s1. The molecule has 4 aromatic carbocycles. The molecule has 0 amide bonds. The van der Waals surface area contributed by atoms with Crippen molar-refractivity contribution in [1.29, 1.82) is 0 Å². The molecule has 0 radical (unpaired) electrons. The van der Waals surface area contributed by atoms with Gasteiger partial charge >= 0.3 is 7.82 Å². The van der Waals surface area contributed by atoms with E-state index in [1.165, 1.54) is 89.9 Å². The fourth-order valence-corrected chi connectivity index (χ4v) is 9.80. The van der Waals surface area contributed by atoms with Crippen LogP contribution in [0.3, 0.4) is 0 Å². The second-order valence-electron chi connectivity index (χ2n) is 17.8. The van der Waals surface area contributed by atoms with E-state index in [-0.39, 0.29) is 13.2 Å². The van der Waals surface area contributed by atoms with Crippen LogP contribution in [0.5, 0.6) is 0 Å². The Balaban J connectivity index is 1.17. The summed E-state index contributed by atoms with van der Waals surface area (Å²) >= 11 is 0. The minimum absolute atomic E-state index is 0.0112. The van der Waals surface area contributed by atoms with E-state index in [4.69, 9.17) is 37.3 Å². The summed E-state index contributed by atoms with van der Waals surface area (Å²) in [5.41, 5.74) is 3.88. The van der Waals surface area contributed by atoms with E-state index in [0.717, 1.165) is 35.1 Å². The first kappa shape index (κ1) is 53.7. The monoisotopic (exact) mass is 929 g/mol. The predicted molar refractivity (Wildman–Crippen MR) is 265 cm³/mol. The van der Waals surface area contributed by atoms with E-state index in [0.29, 0.717) is 45.9 Å². The fourth-order valence-electron chi connectivity index (χ4n) is 8.39. The molecule has 0 N–H and O–H groups in total. The third-order valence-electron chi connectivity index (χ3n) is 12.4. The number of phosphoric ester groups is 1. The maximum atomic E-state index is 15.1. The first-order valence-corrected chi connectivity index (χ1v) is 26.7. The first-order valence-electron chi connectivity index (χ1n) is 25.2. The molecule has 0 aliphatic heterocycles. The van der Waals surface area contributed by atoms with Crippen LogP contribution in [0.1, 0.15) is 145 Å². The molecule has 1 fully saturated rings. The summed E-state index contributed by atoms with van der Waals surface area (Å²) in [7, 11) is -2.71. The van der Waals surface area contributed by atoms with E-state index in [1.54, 1.807) is 7.11 Å². The Hall–Kier alpha value is -3.21. The van der Waals surface area contributed by atoms with Crippen LogP contribution in [0.2, 0.25) is 0 Å². The molecule has 10 heteroatoms. The maximum absolute atomic E-state index is 15.1. The molecule has 9 nitrogen and oxygen atoms in total. The highest BCUT2D eigenvalue weighted by Crippen LogP contribution is 2.54. The number of unbranched alkanes of at least 4 members (excludes halogenated alkanes) is 15. The van der Waals surface area contributed by atoms with Crippen LogP contribution in [0.15, 0.2) is 121 Å². The van der Waals surface area contributed by atoms with Gasteiger partial charge in [0.05, 0.1) is 51.8 Å². The summed E-state index contributed by atoms with van der Waals surface area (Å²) in [6.07, 6.45) is 19.5. The van der Waals surface area contributed by atoms with Gasteiger partial charge in [0, 0.05) is 13.7 Å². The van der Waals surface area contributed by atoms with Gasteiger partial charge in [-0.1, -0.05) is 225 Å². The van der Waals surface area contributed by atoms with E-state index in [9.17, 15) is 0 Å². The summed E-state index contributed by atoms with van der Waals surface area (Å²) in [5.74, 6) is 0. The van der Waals surface area contributed by atoms with Crippen molar-refractivity contribution in [2.45, 2.75) is 179 Å². The van der Waals surface area contributed by atoms with Crippen molar-refractivity contribution in [3.63, 3.8) is 0 Å². The summed E-state index contributed by atoms with van der Waals surface area (Å²) in [5, 5.41) is 0. The Morgan fingerprint density at radius 3 is 1.30 bits per heavy atom. The molecule has 4 aromatic rings. The van der Waals surface area contributed by atoms with Crippen molar-refractivity contribution in [2.75, 3.05) is 26.9 Å². The van der Waals surface area contributed by atoms with Crippen molar-refractivity contribution in [3.05, 3.63) is 144 Å². The van der Waals surface area contributed by atoms with Crippen molar-refractivity contribution >= 4 is 7.82 Å². The molecule has 6 atom stereocenters. The lowest BCUT2D eigenvalue weighted by Gasteiger charge is -2.42. The first-order chi connectivity index (χ1) is 32.5. The van der Waals surface area contributed by atoms with Gasteiger partial charge in [0.15, 0.2) is 0 Å². The van der Waals surface area contributed by atoms with E-state index < -0.39 is 38.3 Å². The highest BCUT2D eigenvalue weighted by molar-refractivity contribution is 7.48. The zero-order chi connectivity index (χ0) is 46.2. The minimum Gasteiger partial charge on any atom is -0.379 e. The van der Waals surface area contributed by atoms with Crippen molar-refractivity contribution < 1.29 is 41.8 Å². The van der Waals surface area contributed by atoms with Gasteiger partial charge in [-0.25, -0.2) is 4.57 Å². The van der Waals surface area contributed by atoms with E-state index in [2.05, 4.69) is 6.92 Å². The van der Waals surface area contributed by atoms with Gasteiger partial charge in [-0.2, -0.15) is 0 Å². The Morgan fingerprint density at radius 1 is 0.470 bits per heavy atom. The molecular formula is C56H81O9P. The van der Waals surface area contributed by atoms with Gasteiger partial charge in [-0.05, 0) is 41.5 Å². The SMILES string of the molecule is CCCCCCCCCCCCCCCCCCOC[C@H](COP(=O)(OCc1ccccc1)O[C@H]1[C@H](OCc2ccccc2)[C@@H](OCc2ccccc2)CC[C@H]1OCc1ccccc1)OC. The number of benzene rings is 4. The topological polar surface area (TPSA) is 90.9 Å². The number of ether oxygens (including phenoxy) is 5. The van der Waals surface area contributed by atoms with Crippen molar-refractivity contribution in [1.82, 2.24) is 0 Å². The molecular weight excluding hydrogens is 848 g/mol. The molecule has 1 saturated carbocycles. The molecule has 66 heavy (non-hydrogen) atoms. The Bertz CT molecular complexity index is 1800. The molecule has 0 aromatic heterocycles. The van der Waals surface area contributed by atoms with Crippen LogP contribution in [-0.4, -0.2) is 57.5 Å². The number of hydrogen-bond acceptors (Lipinski definition) is 9. The molecule has 5 rings (SSSR count). The molecule has 0 saturated heterocycles. The van der Waals surface area contributed by atoms with Gasteiger partial charge < -0.3 is 23.7 Å². The Labute approximate surface area is 398 Å². The predicted octanol–water partition coefficient (Wildman–Crippen LogP) is 14.6. The number of hydrogen-bond donors (Lipinski definition) is 0. The average molecular weight is 929 g/mol. The quantitative estimate of drug-likeness (QED) is 0.0324. The lowest BCUT2D eigenvalue weighted by molar-refractivity contribution is -0.192. The smallest absolute Gasteiger partial charge is 0.379 e. The van der Waals surface area contributed by atoms with Gasteiger partial charge in [0.1, 0.15) is 18.3 Å². The molecule has 364 valence electrons. The van der Waals surface area contributed by atoms with Gasteiger partial charge in [-0.3, -0.25) is 13.6 Å². The van der Waals surface area contributed by atoms with Crippen LogP contribution in [0.4, 0.5) is 0 Å². The summed E-state index contributed by atoms with van der Waals surface area (Å²) in [6, 6.07) is 39.7. The minimum atomic E-state index is -4.32. The van der Waals surface area contributed by atoms with Crippen molar-refractivity contribution in [2.24, 2.45) is 0 Å². The second kappa shape index (κ2) is 33.3. The number of phosphoric acid groups is 1. The summed E-state index contributed by atoms with van der Waals surface area (Å²) in [6.45, 7) is 4.16. The lowest BCUT2D eigenvalue weighted by Crippen LogP contribution is -2.53. The zero-order valence-electron chi connectivity index (χ0n) is 40.2. The number of methoxy groups -OCH3 is 1. The van der Waals surface area contributed by atoms with Gasteiger partial charge in [0.25, 0.3) is 0 Å². The molecule has 0 heterocycles. The third-order valence-corrected chi connectivity index (χ3v) is 13.8. The zero-order valence-corrected chi connectivity index (χ0v) is 41.1. The third kappa shape index (κ3) is 21.8. The van der Waals surface area contributed by atoms with Crippen molar-refractivity contribution in [3.8, 4) is 0 Å².